The van der Waals surface area contributed by atoms with Crippen LogP contribution in [0.2, 0.25) is 0 Å². The smallest absolute Gasteiger partial charge is 0.253 e. The van der Waals surface area contributed by atoms with Gasteiger partial charge in [0.2, 0.25) is 0 Å². The van der Waals surface area contributed by atoms with Gasteiger partial charge in [-0.2, -0.15) is 0 Å². The second-order valence-corrected chi connectivity index (χ2v) is 6.65. The molecule has 138 valence electrons. The normalized spacial score (nSPS) is 22.2. The monoisotopic (exact) mass is 355 g/mol. The van der Waals surface area contributed by atoms with Gasteiger partial charge in [0.25, 0.3) is 5.91 Å². The van der Waals surface area contributed by atoms with E-state index in [9.17, 15) is 9.90 Å². The Bertz CT molecular complexity index is 734. The summed E-state index contributed by atoms with van der Waals surface area (Å²) in [6, 6.07) is 16.6. The molecule has 0 radical (unpaired) electrons. The highest BCUT2D eigenvalue weighted by Gasteiger charge is 2.40. The molecule has 1 fully saturated rings. The Hall–Kier alpha value is -2.37. The largest absolute Gasteiger partial charge is 0.488 e. The van der Waals surface area contributed by atoms with E-state index >= 15 is 0 Å². The molecular weight excluding hydrogens is 330 g/mol. The summed E-state index contributed by atoms with van der Waals surface area (Å²) in [4.78, 5) is 14.5. The molecule has 0 heterocycles. The van der Waals surface area contributed by atoms with Crippen LogP contribution in [0.15, 0.2) is 54.6 Å². The number of carbonyl (C=O) groups excluding carboxylic acids is 1. The average molecular weight is 355 g/mol. The predicted molar refractivity (Wildman–Crippen MR) is 99.1 cm³/mol. The first-order chi connectivity index (χ1) is 12.6. The van der Waals surface area contributed by atoms with Crippen molar-refractivity contribution in [3.8, 4) is 5.75 Å². The van der Waals surface area contributed by atoms with E-state index in [0.717, 1.165) is 11.3 Å². The van der Waals surface area contributed by atoms with E-state index in [1.807, 2.05) is 48.5 Å². The second-order valence-electron chi connectivity index (χ2n) is 6.65. The zero-order chi connectivity index (χ0) is 18.5. The zero-order valence-electron chi connectivity index (χ0n) is 15.2. The van der Waals surface area contributed by atoms with Gasteiger partial charge in [0.15, 0.2) is 0 Å². The van der Waals surface area contributed by atoms with Gasteiger partial charge in [0.05, 0.1) is 12.6 Å². The number of benzene rings is 2. The number of carbonyl (C=O) groups is 1. The summed E-state index contributed by atoms with van der Waals surface area (Å²) in [5.74, 6) is 0.630. The van der Waals surface area contributed by atoms with Gasteiger partial charge >= 0.3 is 0 Å². The number of rotatable bonds is 6. The standard InChI is InChI=1S/C21H25NO4/c1-22(21(24)16-8-6-7-15(13-16)14-25-2)18-11-12-19(20(18)23)26-17-9-4-3-5-10-17/h3-10,13,18-20,23H,11-12,14H2,1-2H3/t18-,19+,20+/m1/s1. The van der Waals surface area contributed by atoms with E-state index in [1.165, 1.54) is 0 Å². The SMILES string of the molecule is COCc1cccc(C(=O)N(C)[C@@H]2CC[C@H](Oc3ccccc3)[C@H]2O)c1. The van der Waals surface area contributed by atoms with Gasteiger partial charge in [-0.15, -0.1) is 0 Å². The third-order valence-electron chi connectivity index (χ3n) is 4.86. The lowest BCUT2D eigenvalue weighted by Crippen LogP contribution is -2.45. The first-order valence-corrected chi connectivity index (χ1v) is 8.85. The molecule has 1 saturated carbocycles. The third-order valence-corrected chi connectivity index (χ3v) is 4.86. The number of likely N-dealkylation sites (N-methyl/N-ethyl adjacent to an activating group) is 1. The number of amides is 1. The molecule has 1 amide bonds. The quantitative estimate of drug-likeness (QED) is 0.866. The van der Waals surface area contributed by atoms with Crippen molar-refractivity contribution in [2.45, 2.75) is 37.7 Å². The molecule has 0 spiro atoms. The molecule has 26 heavy (non-hydrogen) atoms. The van der Waals surface area contributed by atoms with Crippen LogP contribution >= 0.6 is 0 Å². The van der Waals surface area contributed by atoms with Gasteiger partial charge in [-0.25, -0.2) is 0 Å². The number of methoxy groups -OCH3 is 1. The minimum Gasteiger partial charge on any atom is -0.488 e. The zero-order valence-corrected chi connectivity index (χ0v) is 15.2. The minimum atomic E-state index is -0.716. The number of para-hydroxylation sites is 1. The number of hydrogen-bond donors (Lipinski definition) is 1. The van der Waals surface area contributed by atoms with Gasteiger partial charge < -0.3 is 19.5 Å². The van der Waals surface area contributed by atoms with E-state index in [2.05, 4.69) is 0 Å². The highest BCUT2D eigenvalue weighted by molar-refractivity contribution is 5.94. The first kappa shape index (κ1) is 18.4. The molecule has 5 nitrogen and oxygen atoms in total. The van der Waals surface area contributed by atoms with Crippen LogP contribution in [0.3, 0.4) is 0 Å². The van der Waals surface area contributed by atoms with Crippen LogP contribution in [0.5, 0.6) is 5.75 Å². The van der Waals surface area contributed by atoms with E-state index in [4.69, 9.17) is 9.47 Å². The Kier molecular flexibility index (Phi) is 5.91. The summed E-state index contributed by atoms with van der Waals surface area (Å²) in [6.07, 6.45) is 0.393. The summed E-state index contributed by atoms with van der Waals surface area (Å²) < 4.78 is 11.0. The van der Waals surface area contributed by atoms with Crippen molar-refractivity contribution in [1.29, 1.82) is 0 Å². The maximum atomic E-state index is 12.8. The van der Waals surface area contributed by atoms with E-state index in [0.29, 0.717) is 25.0 Å². The molecule has 3 rings (SSSR count). The van der Waals surface area contributed by atoms with E-state index in [1.54, 1.807) is 25.1 Å². The fourth-order valence-corrected chi connectivity index (χ4v) is 3.46. The molecule has 1 aliphatic rings. The third kappa shape index (κ3) is 4.06. The Morgan fingerprint density at radius 2 is 1.92 bits per heavy atom. The van der Waals surface area contributed by atoms with Crippen molar-refractivity contribution >= 4 is 5.91 Å². The van der Waals surface area contributed by atoms with Crippen molar-refractivity contribution < 1.29 is 19.4 Å². The number of hydrogen-bond acceptors (Lipinski definition) is 4. The van der Waals surface area contributed by atoms with E-state index in [-0.39, 0.29) is 18.1 Å². The van der Waals surface area contributed by atoms with Gasteiger partial charge in [-0.3, -0.25) is 4.79 Å². The molecule has 0 saturated heterocycles. The maximum Gasteiger partial charge on any atom is 0.253 e. The Morgan fingerprint density at radius 1 is 1.15 bits per heavy atom. The van der Waals surface area contributed by atoms with Crippen LogP contribution in [-0.2, 0) is 11.3 Å². The van der Waals surface area contributed by atoms with E-state index < -0.39 is 6.10 Å². The maximum absolute atomic E-state index is 12.8. The lowest BCUT2D eigenvalue weighted by Gasteiger charge is -2.29. The fraction of sp³-hybridized carbons (Fsp3) is 0.381. The molecule has 5 heteroatoms. The highest BCUT2D eigenvalue weighted by Crippen LogP contribution is 2.29. The molecule has 0 aromatic heterocycles. The number of aliphatic hydroxyl groups is 1. The molecule has 2 aromatic carbocycles. The van der Waals surface area contributed by atoms with Crippen molar-refractivity contribution in [3.05, 3.63) is 65.7 Å². The van der Waals surface area contributed by atoms with Gasteiger partial charge in [0, 0.05) is 19.7 Å². The van der Waals surface area contributed by atoms with Crippen molar-refractivity contribution in [1.82, 2.24) is 4.90 Å². The lowest BCUT2D eigenvalue weighted by molar-refractivity contribution is 0.0166. The molecule has 1 aliphatic carbocycles. The van der Waals surface area contributed by atoms with Crippen molar-refractivity contribution in [2.75, 3.05) is 14.2 Å². The van der Waals surface area contributed by atoms with Crippen LogP contribution in [0, 0.1) is 0 Å². The molecular formula is C21H25NO4. The average Bonchev–Trinajstić information content (AvgIpc) is 3.02. The van der Waals surface area contributed by atoms with Gasteiger partial charge in [-0.1, -0.05) is 30.3 Å². The van der Waals surface area contributed by atoms with Gasteiger partial charge in [0.1, 0.15) is 18.0 Å². The molecule has 0 aliphatic heterocycles. The summed E-state index contributed by atoms with van der Waals surface area (Å²) in [5, 5.41) is 10.7. The first-order valence-electron chi connectivity index (χ1n) is 8.85. The van der Waals surface area contributed by atoms with Gasteiger partial charge in [-0.05, 0) is 42.7 Å². The molecule has 1 N–H and O–H groups in total. The Morgan fingerprint density at radius 3 is 2.65 bits per heavy atom. The predicted octanol–water partition coefficient (Wildman–Crippen LogP) is 2.88. The fourth-order valence-electron chi connectivity index (χ4n) is 3.46. The van der Waals surface area contributed by atoms with Crippen molar-refractivity contribution in [2.24, 2.45) is 0 Å². The summed E-state index contributed by atoms with van der Waals surface area (Å²) >= 11 is 0. The minimum absolute atomic E-state index is 0.104. The molecule has 2 aromatic rings. The molecule has 0 unspecified atom stereocenters. The number of ether oxygens (including phenoxy) is 2. The summed E-state index contributed by atoms with van der Waals surface area (Å²) in [6.45, 7) is 0.462. The number of nitrogens with zero attached hydrogens (tertiary/aromatic N) is 1. The molecule has 3 atom stereocenters. The Balaban J connectivity index is 1.67. The second kappa shape index (κ2) is 8.34. The lowest BCUT2D eigenvalue weighted by atomic mass is 10.1. The van der Waals surface area contributed by atoms with Crippen LogP contribution < -0.4 is 4.74 Å². The molecule has 0 bridgehead atoms. The summed E-state index contributed by atoms with van der Waals surface area (Å²) in [7, 11) is 3.37. The van der Waals surface area contributed by atoms with Crippen LogP contribution in [0.25, 0.3) is 0 Å². The van der Waals surface area contributed by atoms with Crippen LogP contribution in [-0.4, -0.2) is 48.3 Å². The Labute approximate surface area is 154 Å². The number of aliphatic hydroxyl groups excluding tert-OH is 1. The van der Waals surface area contributed by atoms with Crippen LogP contribution in [0.4, 0.5) is 0 Å². The van der Waals surface area contributed by atoms with Crippen LogP contribution in [0.1, 0.15) is 28.8 Å². The highest BCUT2D eigenvalue weighted by atomic mass is 16.5. The summed E-state index contributed by atoms with van der Waals surface area (Å²) in [5.41, 5.74) is 1.55. The topological polar surface area (TPSA) is 59.0 Å². The van der Waals surface area contributed by atoms with Crippen molar-refractivity contribution in [3.63, 3.8) is 0 Å².